The molecule has 0 aromatic heterocycles. The number of amides is 2. The van der Waals surface area contributed by atoms with Crippen molar-refractivity contribution in [2.45, 2.75) is 31.7 Å². The topological polar surface area (TPSA) is 69.6 Å². The number of hydrogen-bond acceptors (Lipinski definition) is 2. The second kappa shape index (κ2) is 6.01. The van der Waals surface area contributed by atoms with E-state index in [4.69, 9.17) is 11.5 Å². The Balaban J connectivity index is 2.58. The summed E-state index contributed by atoms with van der Waals surface area (Å²) in [6, 6.07) is -0.346. The van der Waals surface area contributed by atoms with Gasteiger partial charge in [0.1, 0.15) is 6.54 Å². The van der Waals surface area contributed by atoms with Crippen LogP contribution in [0.4, 0.5) is 4.79 Å². The Morgan fingerprint density at radius 1 is 1.44 bits per heavy atom. The van der Waals surface area contributed by atoms with Crippen molar-refractivity contribution in [3.63, 3.8) is 0 Å². The van der Waals surface area contributed by atoms with Gasteiger partial charge in [0.25, 0.3) is 0 Å². The summed E-state index contributed by atoms with van der Waals surface area (Å²) in [4.78, 5) is 23.7. The third kappa shape index (κ3) is 3.46. The molecule has 2 amide bonds. The molecule has 1 fully saturated rings. The molecule has 0 aromatic carbocycles. The average molecular weight is 224 g/mol. The Morgan fingerprint density at radius 3 is 2.56 bits per heavy atom. The van der Waals surface area contributed by atoms with Gasteiger partial charge in [-0.1, -0.05) is 18.8 Å². The molecule has 5 nitrogen and oxygen atoms in total. The van der Waals surface area contributed by atoms with E-state index in [2.05, 4.69) is 11.2 Å². The standard InChI is InChI=1S/C11H16N2O3/c1-2-7-12-11(16)13(8-10(14)15)9-5-3-4-6-9/h1,9H,3-8H2,(H,12,16)(H,14,15). The van der Waals surface area contributed by atoms with Gasteiger partial charge in [-0.15, -0.1) is 6.42 Å². The molecule has 1 aliphatic rings. The Bertz CT molecular complexity index is 303. The number of aliphatic carboxylic acids is 1. The molecule has 0 bridgehead atoms. The zero-order chi connectivity index (χ0) is 12.0. The van der Waals surface area contributed by atoms with Gasteiger partial charge in [0, 0.05) is 6.04 Å². The smallest absolute Gasteiger partial charge is 0.323 e. The van der Waals surface area contributed by atoms with Gasteiger partial charge in [-0.3, -0.25) is 4.79 Å². The lowest BCUT2D eigenvalue weighted by molar-refractivity contribution is -0.138. The maximum absolute atomic E-state index is 11.7. The molecule has 0 aromatic rings. The first-order valence-electron chi connectivity index (χ1n) is 5.35. The molecule has 88 valence electrons. The number of terminal acetylenes is 1. The lowest BCUT2D eigenvalue weighted by atomic mass is 10.2. The van der Waals surface area contributed by atoms with E-state index < -0.39 is 5.97 Å². The first kappa shape index (κ1) is 12.4. The van der Waals surface area contributed by atoms with Crippen molar-refractivity contribution in [1.82, 2.24) is 10.2 Å². The molecule has 1 aliphatic carbocycles. The molecule has 0 aliphatic heterocycles. The first-order valence-corrected chi connectivity index (χ1v) is 5.35. The van der Waals surface area contributed by atoms with Crippen molar-refractivity contribution in [2.75, 3.05) is 13.1 Å². The summed E-state index contributed by atoms with van der Waals surface area (Å²) in [6.45, 7) is -0.136. The molecule has 0 spiro atoms. The van der Waals surface area contributed by atoms with E-state index >= 15 is 0 Å². The van der Waals surface area contributed by atoms with Crippen LogP contribution in [0.1, 0.15) is 25.7 Å². The zero-order valence-corrected chi connectivity index (χ0v) is 9.11. The molecular formula is C11H16N2O3. The maximum Gasteiger partial charge on any atom is 0.323 e. The van der Waals surface area contributed by atoms with E-state index in [0.29, 0.717) is 0 Å². The van der Waals surface area contributed by atoms with Crippen molar-refractivity contribution >= 4 is 12.0 Å². The van der Waals surface area contributed by atoms with E-state index in [1.807, 2.05) is 0 Å². The molecule has 0 heterocycles. The van der Waals surface area contributed by atoms with Gasteiger partial charge in [0.15, 0.2) is 0 Å². The second-order valence-corrected chi connectivity index (χ2v) is 3.82. The predicted molar refractivity (Wildman–Crippen MR) is 58.8 cm³/mol. The Morgan fingerprint density at radius 2 is 2.06 bits per heavy atom. The number of nitrogens with zero attached hydrogens (tertiary/aromatic N) is 1. The highest BCUT2D eigenvalue weighted by Gasteiger charge is 2.27. The van der Waals surface area contributed by atoms with Crippen molar-refractivity contribution in [3.05, 3.63) is 0 Å². The van der Waals surface area contributed by atoms with Crippen molar-refractivity contribution in [2.24, 2.45) is 0 Å². The van der Waals surface area contributed by atoms with E-state index in [9.17, 15) is 9.59 Å². The van der Waals surface area contributed by atoms with Crippen molar-refractivity contribution in [1.29, 1.82) is 0 Å². The molecule has 2 N–H and O–H groups in total. The van der Waals surface area contributed by atoms with Crippen LogP contribution in [0.25, 0.3) is 0 Å². The van der Waals surface area contributed by atoms with E-state index in [1.165, 1.54) is 4.90 Å². The molecule has 1 saturated carbocycles. The highest BCUT2D eigenvalue weighted by Crippen LogP contribution is 2.23. The summed E-state index contributed by atoms with van der Waals surface area (Å²) in [6.07, 6.45) is 8.87. The van der Waals surface area contributed by atoms with Gasteiger partial charge in [-0.2, -0.15) is 0 Å². The highest BCUT2D eigenvalue weighted by atomic mass is 16.4. The summed E-state index contributed by atoms with van der Waals surface area (Å²) in [5.41, 5.74) is 0. The molecule has 0 radical (unpaired) electrons. The van der Waals surface area contributed by atoms with Crippen LogP contribution in [-0.4, -0.2) is 41.1 Å². The number of hydrogen-bond donors (Lipinski definition) is 2. The maximum atomic E-state index is 11.7. The highest BCUT2D eigenvalue weighted by molar-refractivity contribution is 5.80. The Labute approximate surface area is 94.8 Å². The lowest BCUT2D eigenvalue weighted by Crippen LogP contribution is -2.47. The largest absolute Gasteiger partial charge is 0.480 e. The monoisotopic (exact) mass is 224 g/mol. The molecule has 0 unspecified atom stereocenters. The van der Waals surface area contributed by atoms with Crippen molar-refractivity contribution in [3.8, 4) is 12.3 Å². The number of carbonyl (C=O) groups is 2. The van der Waals surface area contributed by atoms with Gasteiger partial charge < -0.3 is 15.3 Å². The van der Waals surface area contributed by atoms with Gasteiger partial charge in [-0.05, 0) is 12.8 Å². The zero-order valence-electron chi connectivity index (χ0n) is 9.11. The summed E-state index contributed by atoms with van der Waals surface area (Å²) in [5.74, 6) is 1.29. The third-order valence-electron chi connectivity index (χ3n) is 2.67. The van der Waals surface area contributed by atoms with E-state index in [-0.39, 0.29) is 25.2 Å². The van der Waals surface area contributed by atoms with Crippen LogP contribution in [0.3, 0.4) is 0 Å². The van der Waals surface area contributed by atoms with Gasteiger partial charge in [-0.25, -0.2) is 4.79 Å². The Kier molecular flexibility index (Phi) is 4.65. The number of carboxylic acids is 1. The fourth-order valence-electron chi connectivity index (χ4n) is 1.96. The summed E-state index contributed by atoms with van der Waals surface area (Å²) in [7, 11) is 0. The number of carbonyl (C=O) groups excluding carboxylic acids is 1. The lowest BCUT2D eigenvalue weighted by Gasteiger charge is -2.27. The molecule has 1 rings (SSSR count). The quantitative estimate of drug-likeness (QED) is 0.689. The van der Waals surface area contributed by atoms with Crippen LogP contribution in [0.2, 0.25) is 0 Å². The summed E-state index contributed by atoms with van der Waals surface area (Å²) in [5, 5.41) is 11.3. The van der Waals surface area contributed by atoms with Gasteiger partial charge in [0.2, 0.25) is 0 Å². The van der Waals surface area contributed by atoms with Crippen LogP contribution in [0.15, 0.2) is 0 Å². The molecule has 16 heavy (non-hydrogen) atoms. The minimum absolute atomic E-state index is 0.0360. The minimum Gasteiger partial charge on any atom is -0.480 e. The second-order valence-electron chi connectivity index (χ2n) is 3.82. The fourth-order valence-corrected chi connectivity index (χ4v) is 1.96. The number of nitrogens with one attached hydrogen (secondary N) is 1. The first-order chi connectivity index (χ1) is 7.65. The van der Waals surface area contributed by atoms with Crippen molar-refractivity contribution < 1.29 is 14.7 Å². The van der Waals surface area contributed by atoms with Crippen LogP contribution in [0, 0.1) is 12.3 Å². The molecule has 5 heteroatoms. The summed E-state index contributed by atoms with van der Waals surface area (Å²) < 4.78 is 0. The van der Waals surface area contributed by atoms with Crippen LogP contribution in [0.5, 0.6) is 0 Å². The van der Waals surface area contributed by atoms with Crippen LogP contribution < -0.4 is 5.32 Å². The van der Waals surface area contributed by atoms with Gasteiger partial charge >= 0.3 is 12.0 Å². The van der Waals surface area contributed by atoms with Gasteiger partial charge in [0.05, 0.1) is 6.54 Å². The molecule has 0 saturated heterocycles. The molecular weight excluding hydrogens is 208 g/mol. The number of rotatable bonds is 4. The molecule has 0 atom stereocenters. The van der Waals surface area contributed by atoms with Crippen LogP contribution in [-0.2, 0) is 4.79 Å². The Hall–Kier alpha value is -1.70. The van der Waals surface area contributed by atoms with Crippen LogP contribution >= 0.6 is 0 Å². The minimum atomic E-state index is -0.997. The summed E-state index contributed by atoms with van der Waals surface area (Å²) >= 11 is 0. The normalized spacial score (nSPS) is 15.4. The number of urea groups is 1. The SMILES string of the molecule is C#CCNC(=O)N(CC(=O)O)C1CCCC1. The average Bonchev–Trinajstić information content (AvgIpc) is 2.75. The third-order valence-corrected chi connectivity index (χ3v) is 2.67. The fraction of sp³-hybridized carbons (Fsp3) is 0.636. The predicted octanol–water partition coefficient (Wildman–Crippen LogP) is 0.658. The van der Waals surface area contributed by atoms with E-state index in [0.717, 1.165) is 25.7 Å². The number of carboxylic acid groups (broad SMARTS) is 1. The van der Waals surface area contributed by atoms with E-state index in [1.54, 1.807) is 0 Å².